The number of phenolic OH excluding ortho intramolecular Hbond substituents is 1. The Kier molecular flexibility index (Phi) is 4.04. The summed E-state index contributed by atoms with van der Waals surface area (Å²) in [6.07, 6.45) is 1.06. The maximum absolute atomic E-state index is 12.7. The van der Waals surface area contributed by atoms with Gasteiger partial charge in [0.2, 0.25) is 5.43 Å². The number of aliphatic hydroxyl groups excluding tert-OH is 1. The minimum absolute atomic E-state index is 0.0245. The lowest BCUT2D eigenvalue weighted by Gasteiger charge is -2.08. The van der Waals surface area contributed by atoms with E-state index in [2.05, 4.69) is 0 Å². The highest BCUT2D eigenvalue weighted by Crippen LogP contribution is 2.33. The number of benzene rings is 2. The predicted molar refractivity (Wildman–Crippen MR) is 86.7 cm³/mol. The molecule has 3 N–H and O–H groups in total. The van der Waals surface area contributed by atoms with Crippen molar-refractivity contribution in [1.29, 1.82) is 0 Å². The maximum atomic E-state index is 12.7. The first-order valence-electron chi connectivity index (χ1n) is 7.29. The largest absolute Gasteiger partial charge is 0.507 e. The lowest BCUT2D eigenvalue weighted by atomic mass is 10.0. The topological polar surface area (TPSA) is 90.9 Å². The van der Waals surface area contributed by atoms with Crippen molar-refractivity contribution >= 4 is 11.0 Å². The van der Waals surface area contributed by atoms with Crippen molar-refractivity contribution in [2.24, 2.45) is 0 Å². The zero-order valence-corrected chi connectivity index (χ0v) is 12.3. The molecule has 2 aromatic carbocycles. The maximum Gasteiger partial charge on any atom is 0.294 e. The predicted octanol–water partition coefficient (Wildman–Crippen LogP) is 2.80. The number of phenols is 1. The number of fused-ring (bicyclic) bond motifs is 1. The van der Waals surface area contributed by atoms with Gasteiger partial charge in [-0.25, -0.2) is 0 Å². The van der Waals surface area contributed by atoms with Crippen LogP contribution in [0.3, 0.4) is 0 Å². The van der Waals surface area contributed by atoms with Crippen LogP contribution < -0.4 is 5.43 Å². The lowest BCUT2D eigenvalue weighted by molar-refractivity contribution is 0.288. The van der Waals surface area contributed by atoms with E-state index in [9.17, 15) is 15.0 Å². The summed E-state index contributed by atoms with van der Waals surface area (Å²) in [6.45, 7) is 0.0287. The van der Waals surface area contributed by atoms with Crippen LogP contribution in [0.2, 0.25) is 0 Å². The fraction of sp³-hybridized carbons (Fsp3) is 0.167. The van der Waals surface area contributed by atoms with Crippen LogP contribution in [-0.2, 0) is 6.42 Å². The zero-order chi connectivity index (χ0) is 16.4. The number of aliphatic hydroxyl groups is 1. The highest BCUT2D eigenvalue weighted by Gasteiger charge is 2.18. The first kappa shape index (κ1) is 15.1. The molecule has 1 heterocycles. The van der Waals surface area contributed by atoms with Gasteiger partial charge in [0.25, 0.3) is 5.95 Å². The van der Waals surface area contributed by atoms with E-state index >= 15 is 0 Å². The van der Waals surface area contributed by atoms with Crippen LogP contribution in [0.1, 0.15) is 12.0 Å². The van der Waals surface area contributed by atoms with Gasteiger partial charge in [0.05, 0.1) is 0 Å². The van der Waals surface area contributed by atoms with Crippen molar-refractivity contribution in [3.8, 4) is 22.8 Å². The molecule has 0 saturated heterocycles. The first-order chi connectivity index (χ1) is 11.1. The minimum Gasteiger partial charge on any atom is -0.507 e. The van der Waals surface area contributed by atoms with Gasteiger partial charge in [-0.15, -0.1) is 0 Å². The SMILES string of the molecule is O=c1c(-c2ccccc2)c(O)oc2cc(CCCO)cc(O)c12. The summed E-state index contributed by atoms with van der Waals surface area (Å²) in [5, 5.41) is 29.2. The third-order valence-electron chi connectivity index (χ3n) is 3.70. The molecule has 0 unspecified atom stereocenters. The second-order valence-corrected chi connectivity index (χ2v) is 5.29. The smallest absolute Gasteiger partial charge is 0.294 e. The molecule has 0 saturated carbocycles. The fourth-order valence-corrected chi connectivity index (χ4v) is 2.63. The van der Waals surface area contributed by atoms with Crippen LogP contribution in [-0.4, -0.2) is 21.9 Å². The number of rotatable bonds is 4. The molecular weight excluding hydrogens is 296 g/mol. The Hall–Kier alpha value is -2.79. The van der Waals surface area contributed by atoms with Gasteiger partial charge in [-0.1, -0.05) is 30.3 Å². The summed E-state index contributed by atoms with van der Waals surface area (Å²) in [5.74, 6) is -0.672. The van der Waals surface area contributed by atoms with Crippen molar-refractivity contribution in [3.63, 3.8) is 0 Å². The van der Waals surface area contributed by atoms with E-state index in [4.69, 9.17) is 9.52 Å². The van der Waals surface area contributed by atoms with Crippen LogP contribution in [0.15, 0.2) is 51.7 Å². The van der Waals surface area contributed by atoms with Gasteiger partial charge >= 0.3 is 0 Å². The van der Waals surface area contributed by atoms with E-state index in [0.717, 1.165) is 5.56 Å². The molecule has 0 bridgehead atoms. The van der Waals surface area contributed by atoms with Gasteiger partial charge < -0.3 is 19.7 Å². The van der Waals surface area contributed by atoms with Crippen LogP contribution >= 0.6 is 0 Å². The van der Waals surface area contributed by atoms with E-state index in [1.807, 2.05) is 0 Å². The van der Waals surface area contributed by atoms with Gasteiger partial charge in [-0.05, 0) is 36.1 Å². The molecule has 0 atom stereocenters. The van der Waals surface area contributed by atoms with Crippen molar-refractivity contribution in [3.05, 3.63) is 58.3 Å². The zero-order valence-electron chi connectivity index (χ0n) is 12.3. The van der Waals surface area contributed by atoms with Gasteiger partial charge in [-0.2, -0.15) is 0 Å². The quantitative estimate of drug-likeness (QED) is 0.689. The molecule has 5 heteroatoms. The van der Waals surface area contributed by atoms with Gasteiger partial charge in [0.15, 0.2) is 0 Å². The first-order valence-corrected chi connectivity index (χ1v) is 7.29. The Morgan fingerprint density at radius 1 is 1.04 bits per heavy atom. The second kappa shape index (κ2) is 6.14. The summed E-state index contributed by atoms with van der Waals surface area (Å²) in [5.41, 5.74) is 0.904. The molecule has 0 spiro atoms. The average molecular weight is 312 g/mol. The molecule has 0 radical (unpaired) electrons. The van der Waals surface area contributed by atoms with E-state index in [1.165, 1.54) is 6.07 Å². The van der Waals surface area contributed by atoms with Crippen LogP contribution in [0.4, 0.5) is 0 Å². The van der Waals surface area contributed by atoms with Crippen molar-refractivity contribution in [2.45, 2.75) is 12.8 Å². The highest BCUT2D eigenvalue weighted by molar-refractivity contribution is 5.89. The van der Waals surface area contributed by atoms with E-state index in [0.29, 0.717) is 18.4 Å². The van der Waals surface area contributed by atoms with E-state index < -0.39 is 11.4 Å². The lowest BCUT2D eigenvalue weighted by Crippen LogP contribution is -2.06. The Labute approximate surface area is 132 Å². The number of aromatic hydroxyl groups is 2. The van der Waals surface area contributed by atoms with Gasteiger partial charge in [0.1, 0.15) is 22.3 Å². The van der Waals surface area contributed by atoms with Crippen molar-refractivity contribution < 1.29 is 19.7 Å². The normalized spacial score (nSPS) is 11.0. The third kappa shape index (κ3) is 2.78. The van der Waals surface area contributed by atoms with Crippen molar-refractivity contribution in [2.75, 3.05) is 6.61 Å². The van der Waals surface area contributed by atoms with Crippen LogP contribution in [0, 0.1) is 0 Å². The molecule has 0 aliphatic heterocycles. The molecule has 0 aliphatic carbocycles. The van der Waals surface area contributed by atoms with Crippen LogP contribution in [0.5, 0.6) is 11.7 Å². The van der Waals surface area contributed by atoms with Gasteiger partial charge in [-0.3, -0.25) is 4.79 Å². The minimum atomic E-state index is -0.485. The number of hydrogen-bond donors (Lipinski definition) is 3. The molecule has 0 amide bonds. The monoisotopic (exact) mass is 312 g/mol. The summed E-state index contributed by atoms with van der Waals surface area (Å²) < 4.78 is 5.36. The standard InChI is InChI=1S/C18H16O5/c19-8-4-5-11-9-13(20)16-14(10-11)23-18(22)15(17(16)21)12-6-2-1-3-7-12/h1-3,6-7,9-10,19-20,22H,4-5,8H2. The Bertz CT molecular complexity index is 897. The average Bonchev–Trinajstić information content (AvgIpc) is 2.53. The Morgan fingerprint density at radius 2 is 1.78 bits per heavy atom. The fourth-order valence-electron chi connectivity index (χ4n) is 2.63. The molecule has 0 fully saturated rings. The Balaban J connectivity index is 2.24. The molecule has 23 heavy (non-hydrogen) atoms. The summed E-state index contributed by atoms with van der Waals surface area (Å²) in [7, 11) is 0. The molecule has 0 aliphatic rings. The number of aryl methyl sites for hydroxylation is 1. The third-order valence-corrected chi connectivity index (χ3v) is 3.70. The Morgan fingerprint density at radius 3 is 2.48 bits per heavy atom. The van der Waals surface area contributed by atoms with Gasteiger partial charge in [0, 0.05) is 6.61 Å². The summed E-state index contributed by atoms with van der Waals surface area (Å²) in [4.78, 5) is 12.7. The molecular formula is C18H16O5. The highest BCUT2D eigenvalue weighted by atomic mass is 16.5. The van der Waals surface area contributed by atoms with E-state index in [1.54, 1.807) is 36.4 Å². The summed E-state index contributed by atoms with van der Waals surface area (Å²) in [6, 6.07) is 11.7. The van der Waals surface area contributed by atoms with Crippen LogP contribution in [0.25, 0.3) is 22.1 Å². The molecule has 3 rings (SSSR count). The second-order valence-electron chi connectivity index (χ2n) is 5.29. The molecule has 118 valence electrons. The molecule has 3 aromatic rings. The van der Waals surface area contributed by atoms with E-state index in [-0.39, 0.29) is 28.9 Å². The molecule has 5 nitrogen and oxygen atoms in total. The summed E-state index contributed by atoms with van der Waals surface area (Å²) >= 11 is 0. The van der Waals surface area contributed by atoms with Crippen molar-refractivity contribution in [1.82, 2.24) is 0 Å². The number of hydrogen-bond acceptors (Lipinski definition) is 5. The molecule has 1 aromatic heterocycles.